The van der Waals surface area contributed by atoms with Crippen molar-refractivity contribution in [2.45, 2.75) is 25.9 Å². The highest BCUT2D eigenvalue weighted by Gasteiger charge is 2.67. The molecule has 0 bridgehead atoms. The molecule has 11 nitrogen and oxygen atoms in total. The SMILES string of the molecule is COc1cc(C=CC2C3=CCC4C(=O)N(N(C)c5nc(C(F)(F)F)ccc5Cl)C(=O)C4C3CC3C(=O)N(c4ccc(F)c(Cl)c4)C(=O)C23C)cc(OC)c1O. The zero-order chi connectivity index (χ0) is 39.9. The minimum atomic E-state index is -4.84. The van der Waals surface area contributed by atoms with Crippen molar-refractivity contribution >= 4 is 64.4 Å². The molecule has 6 unspecified atom stereocenters. The number of phenols is 1. The zero-order valence-corrected chi connectivity index (χ0v) is 31.0. The molecule has 2 aliphatic carbocycles. The minimum absolute atomic E-state index is 0.0379. The molecule has 2 aliphatic heterocycles. The van der Waals surface area contributed by atoms with E-state index in [1.807, 2.05) is 0 Å². The molecular weight excluding hydrogens is 771 g/mol. The standard InChI is InChI=1S/C38H32Cl2F4N4O7/c1-37-22(9-5-17-13-27(54-3)31(49)28(14-17)55-4)19-7-8-20-30(21(19)16-23(37)34(51)47(36(37)53)18-6-11-26(41)25(40)15-18)35(52)48(33(20)50)46(2)32-24(39)10-12-29(45-32)38(42,43)44/h5-7,9-15,20-23,30,49H,8,16H2,1-4H3. The lowest BCUT2D eigenvalue weighted by atomic mass is 9.52. The number of aromatic hydroxyl groups is 1. The van der Waals surface area contributed by atoms with Crippen LogP contribution in [0.15, 0.2) is 60.2 Å². The molecule has 6 atom stereocenters. The van der Waals surface area contributed by atoms with Crippen molar-refractivity contribution in [1.82, 2.24) is 9.99 Å². The van der Waals surface area contributed by atoms with Crippen LogP contribution in [0.4, 0.5) is 29.1 Å². The summed E-state index contributed by atoms with van der Waals surface area (Å²) in [5, 5.41) is 11.6. The van der Waals surface area contributed by atoms with E-state index in [1.165, 1.54) is 45.5 Å². The Morgan fingerprint density at radius 1 is 0.964 bits per heavy atom. The monoisotopic (exact) mass is 802 g/mol. The summed E-state index contributed by atoms with van der Waals surface area (Å²) < 4.78 is 65.6. The fraction of sp³-hybridized carbons (Fsp3) is 0.342. The number of halogens is 6. The number of anilines is 2. The summed E-state index contributed by atoms with van der Waals surface area (Å²) >= 11 is 12.3. The van der Waals surface area contributed by atoms with E-state index in [1.54, 1.807) is 25.2 Å². The first-order chi connectivity index (χ1) is 25.9. The molecule has 1 aromatic heterocycles. The molecule has 17 heteroatoms. The van der Waals surface area contributed by atoms with Gasteiger partial charge in [0.1, 0.15) is 11.5 Å². The van der Waals surface area contributed by atoms with Crippen molar-refractivity contribution < 1.29 is 51.3 Å². The molecule has 1 saturated carbocycles. The average Bonchev–Trinajstić information content (AvgIpc) is 3.51. The van der Waals surface area contributed by atoms with Crippen molar-refractivity contribution in [1.29, 1.82) is 0 Å². The van der Waals surface area contributed by atoms with Crippen molar-refractivity contribution in [2.75, 3.05) is 31.2 Å². The number of amides is 4. The third-order valence-corrected chi connectivity index (χ3v) is 11.8. The number of aromatic nitrogens is 1. The summed E-state index contributed by atoms with van der Waals surface area (Å²) in [6.45, 7) is 1.64. The van der Waals surface area contributed by atoms with Gasteiger partial charge in [-0.15, -0.1) is 0 Å². The first kappa shape index (κ1) is 38.1. The maximum Gasteiger partial charge on any atom is 0.433 e. The van der Waals surface area contributed by atoms with Gasteiger partial charge in [0.2, 0.25) is 17.6 Å². The van der Waals surface area contributed by atoms with Crippen molar-refractivity contribution in [3.63, 3.8) is 0 Å². The lowest BCUT2D eigenvalue weighted by molar-refractivity contribution is -0.141. The van der Waals surface area contributed by atoms with Crippen LogP contribution in [0.5, 0.6) is 17.2 Å². The number of alkyl halides is 3. The van der Waals surface area contributed by atoms with Gasteiger partial charge in [0.15, 0.2) is 17.3 Å². The van der Waals surface area contributed by atoms with E-state index in [4.69, 9.17) is 32.7 Å². The summed E-state index contributed by atoms with van der Waals surface area (Å²) in [5.74, 6) is -8.58. The molecule has 4 amide bonds. The number of fused-ring (bicyclic) bond motifs is 4. The van der Waals surface area contributed by atoms with Crippen LogP contribution >= 0.6 is 23.2 Å². The maximum atomic E-state index is 14.6. The minimum Gasteiger partial charge on any atom is -0.502 e. The summed E-state index contributed by atoms with van der Waals surface area (Å²) in [5.41, 5.74) is -1.58. The van der Waals surface area contributed by atoms with Gasteiger partial charge >= 0.3 is 6.18 Å². The van der Waals surface area contributed by atoms with Gasteiger partial charge in [-0.25, -0.2) is 14.3 Å². The number of nitrogens with zero attached hydrogens (tertiary/aromatic N) is 4. The number of hydrazine groups is 1. The van der Waals surface area contributed by atoms with Gasteiger partial charge in [-0.3, -0.25) is 24.2 Å². The highest BCUT2D eigenvalue weighted by Crippen LogP contribution is 2.61. The number of hydrogen-bond acceptors (Lipinski definition) is 9. The largest absolute Gasteiger partial charge is 0.502 e. The molecule has 0 radical (unpaired) electrons. The van der Waals surface area contributed by atoms with Gasteiger partial charge in [0.25, 0.3) is 11.8 Å². The third kappa shape index (κ3) is 5.90. The number of pyridine rings is 1. The first-order valence-corrected chi connectivity index (χ1v) is 17.7. The van der Waals surface area contributed by atoms with Gasteiger partial charge in [-0.05, 0) is 73.7 Å². The van der Waals surface area contributed by atoms with Crippen molar-refractivity contribution in [3.8, 4) is 17.2 Å². The molecule has 3 aromatic rings. The highest BCUT2D eigenvalue weighted by molar-refractivity contribution is 6.33. The second-order valence-corrected chi connectivity index (χ2v) is 14.8. The second kappa shape index (κ2) is 13.6. The Kier molecular flexibility index (Phi) is 9.40. The van der Waals surface area contributed by atoms with Gasteiger partial charge in [-0.1, -0.05) is 47.0 Å². The number of hydrogen-bond donors (Lipinski definition) is 1. The lowest BCUT2D eigenvalue weighted by Gasteiger charge is -2.47. The molecule has 1 N–H and O–H groups in total. The van der Waals surface area contributed by atoms with Gasteiger partial charge < -0.3 is 14.6 Å². The average molecular weight is 804 g/mol. The van der Waals surface area contributed by atoms with Crippen molar-refractivity contribution in [3.05, 3.63) is 87.3 Å². The number of ether oxygens (including phenoxy) is 2. The third-order valence-electron chi connectivity index (χ3n) is 11.2. The number of carbonyl (C=O) groups excluding carboxylic acids is 4. The number of benzene rings is 2. The molecule has 288 valence electrons. The Balaban J connectivity index is 1.32. The normalized spacial score (nSPS) is 26.3. The molecule has 4 aliphatic rings. The van der Waals surface area contributed by atoms with Crippen LogP contribution in [0, 0.1) is 40.8 Å². The Labute approximate surface area is 321 Å². The van der Waals surface area contributed by atoms with Crippen LogP contribution in [0.2, 0.25) is 10.0 Å². The summed E-state index contributed by atoms with van der Waals surface area (Å²) in [6.07, 6.45) is 0.313. The Morgan fingerprint density at radius 2 is 1.64 bits per heavy atom. The molecule has 2 aromatic carbocycles. The van der Waals surface area contributed by atoms with Crippen LogP contribution in [-0.2, 0) is 25.4 Å². The van der Waals surface area contributed by atoms with E-state index in [0.717, 1.165) is 27.1 Å². The molecule has 3 fully saturated rings. The van der Waals surface area contributed by atoms with Gasteiger partial charge in [-0.2, -0.15) is 18.2 Å². The fourth-order valence-electron chi connectivity index (χ4n) is 8.50. The van der Waals surface area contributed by atoms with Crippen LogP contribution in [-0.4, -0.2) is 60.0 Å². The molecule has 7 rings (SSSR count). The molecule has 3 heterocycles. The number of methoxy groups -OCH3 is 2. The van der Waals surface area contributed by atoms with Crippen LogP contribution in [0.25, 0.3) is 6.08 Å². The van der Waals surface area contributed by atoms with E-state index in [2.05, 4.69) is 4.98 Å². The topological polar surface area (TPSA) is 130 Å². The predicted octanol–water partition coefficient (Wildman–Crippen LogP) is 7.10. The van der Waals surface area contributed by atoms with E-state index in [-0.39, 0.29) is 45.8 Å². The van der Waals surface area contributed by atoms with Crippen molar-refractivity contribution in [2.24, 2.45) is 35.0 Å². The molecule has 0 spiro atoms. The Morgan fingerprint density at radius 3 is 2.25 bits per heavy atom. The van der Waals surface area contributed by atoms with Gasteiger partial charge in [0.05, 0.1) is 53.1 Å². The van der Waals surface area contributed by atoms with Gasteiger partial charge in [0, 0.05) is 13.0 Å². The Bertz CT molecular complexity index is 2210. The Hall–Kier alpha value is -5.15. The summed E-state index contributed by atoms with van der Waals surface area (Å²) in [4.78, 5) is 61.9. The quantitative estimate of drug-likeness (QED) is 0.151. The van der Waals surface area contributed by atoms with E-state index >= 15 is 0 Å². The maximum absolute atomic E-state index is 14.6. The van der Waals surface area contributed by atoms with E-state index in [0.29, 0.717) is 17.2 Å². The van der Waals surface area contributed by atoms with Crippen LogP contribution < -0.4 is 19.4 Å². The second-order valence-electron chi connectivity index (χ2n) is 13.9. The van der Waals surface area contributed by atoms with Crippen LogP contribution in [0.3, 0.4) is 0 Å². The molecule has 55 heavy (non-hydrogen) atoms. The number of carbonyl (C=O) groups is 4. The van der Waals surface area contributed by atoms with E-state index < -0.39 is 82.1 Å². The predicted molar refractivity (Wildman–Crippen MR) is 192 cm³/mol. The fourth-order valence-corrected chi connectivity index (χ4v) is 8.90. The number of allylic oxidation sites excluding steroid dienone is 3. The number of imide groups is 2. The van der Waals surface area contributed by atoms with E-state index in [9.17, 15) is 41.8 Å². The summed E-state index contributed by atoms with van der Waals surface area (Å²) in [7, 11) is 3.93. The number of phenolic OH excluding ortho intramolecular Hbond substituents is 1. The first-order valence-electron chi connectivity index (χ1n) is 17.0. The van der Waals surface area contributed by atoms with Crippen LogP contribution in [0.1, 0.15) is 31.0 Å². The molecular formula is C38H32Cl2F4N4O7. The zero-order valence-electron chi connectivity index (χ0n) is 29.5. The smallest absolute Gasteiger partial charge is 0.433 e. The molecule has 2 saturated heterocycles. The number of rotatable bonds is 7. The summed E-state index contributed by atoms with van der Waals surface area (Å²) in [6, 6.07) is 8.21. The lowest BCUT2D eigenvalue weighted by Crippen LogP contribution is -2.50. The highest BCUT2D eigenvalue weighted by atomic mass is 35.5.